The first-order valence-corrected chi connectivity index (χ1v) is 13.1. The highest BCUT2D eigenvalue weighted by Gasteiger charge is 2.27. The van der Waals surface area contributed by atoms with Gasteiger partial charge in [-0.05, 0) is 49.2 Å². The van der Waals surface area contributed by atoms with Crippen LogP contribution in [0.5, 0.6) is 11.5 Å². The molecule has 1 aliphatic heterocycles. The van der Waals surface area contributed by atoms with Crippen LogP contribution < -0.4 is 14.4 Å². The van der Waals surface area contributed by atoms with E-state index in [1.807, 2.05) is 59.5 Å². The molecule has 0 N–H and O–H groups in total. The number of ether oxygens (including phenoxy) is 2. The summed E-state index contributed by atoms with van der Waals surface area (Å²) >= 11 is 0. The monoisotopic (exact) mass is 497 g/mol. The molecule has 1 fully saturated rings. The molecule has 2 heterocycles. The molecule has 0 bridgehead atoms. The maximum Gasteiger partial charge on any atom is 0.270 e. The number of para-hydroxylation sites is 2. The van der Waals surface area contributed by atoms with E-state index in [4.69, 9.17) is 9.47 Å². The summed E-state index contributed by atoms with van der Waals surface area (Å²) in [5.41, 5.74) is 3.94. The number of benzene rings is 3. The fourth-order valence-electron chi connectivity index (χ4n) is 4.98. The van der Waals surface area contributed by atoms with Gasteiger partial charge in [-0.15, -0.1) is 0 Å². The Hall–Kier alpha value is -3.93. The first kappa shape index (κ1) is 24.8. The van der Waals surface area contributed by atoms with E-state index in [2.05, 4.69) is 47.6 Å². The maximum atomic E-state index is 14.0. The first-order valence-electron chi connectivity index (χ1n) is 13.1. The highest BCUT2D eigenvalue weighted by atomic mass is 16.5. The van der Waals surface area contributed by atoms with Gasteiger partial charge in [-0.1, -0.05) is 55.5 Å². The molecule has 192 valence electrons. The van der Waals surface area contributed by atoms with E-state index in [0.29, 0.717) is 25.3 Å². The van der Waals surface area contributed by atoms with Crippen LogP contribution in [0.25, 0.3) is 10.9 Å². The van der Waals surface area contributed by atoms with E-state index in [9.17, 15) is 4.79 Å². The number of nitrogens with zero attached hydrogens (tertiary/aromatic N) is 3. The van der Waals surface area contributed by atoms with Crippen molar-refractivity contribution in [3.8, 4) is 11.5 Å². The quantitative estimate of drug-likeness (QED) is 0.307. The number of carbonyl (C=O) groups excluding carboxylic acids is 1. The van der Waals surface area contributed by atoms with Crippen LogP contribution in [0.4, 0.5) is 5.69 Å². The van der Waals surface area contributed by atoms with Crippen molar-refractivity contribution < 1.29 is 14.3 Å². The van der Waals surface area contributed by atoms with E-state index in [1.165, 1.54) is 0 Å². The van der Waals surface area contributed by atoms with Crippen molar-refractivity contribution in [1.82, 2.24) is 9.47 Å². The number of hydrogen-bond acceptors (Lipinski definition) is 4. The lowest BCUT2D eigenvalue weighted by molar-refractivity contribution is 0.0737. The second-order valence-electron chi connectivity index (χ2n) is 9.58. The Kier molecular flexibility index (Phi) is 7.35. The Morgan fingerprint density at radius 1 is 0.892 bits per heavy atom. The van der Waals surface area contributed by atoms with E-state index < -0.39 is 0 Å². The zero-order valence-corrected chi connectivity index (χ0v) is 21.9. The molecule has 1 aliphatic rings. The SMILES string of the molecule is CC[C@@H](C)Oc1cccc2c1cc(C(=O)N1CCN(c3ccccc3OC)CC1)n2Cc1ccccc1. The smallest absolute Gasteiger partial charge is 0.270 e. The number of anilines is 1. The van der Waals surface area contributed by atoms with E-state index >= 15 is 0 Å². The van der Waals surface area contributed by atoms with Gasteiger partial charge in [-0.25, -0.2) is 0 Å². The highest BCUT2D eigenvalue weighted by Crippen LogP contribution is 2.32. The topological polar surface area (TPSA) is 46.9 Å². The summed E-state index contributed by atoms with van der Waals surface area (Å²) in [6.07, 6.45) is 1.02. The van der Waals surface area contributed by atoms with Gasteiger partial charge in [0.05, 0.1) is 24.4 Å². The van der Waals surface area contributed by atoms with Gasteiger partial charge in [-0.2, -0.15) is 0 Å². The molecule has 4 aromatic rings. The van der Waals surface area contributed by atoms with Crippen LogP contribution in [0.2, 0.25) is 0 Å². The normalized spacial score (nSPS) is 14.6. The summed E-state index contributed by atoms with van der Waals surface area (Å²) in [6.45, 7) is 7.64. The number of fused-ring (bicyclic) bond motifs is 1. The van der Waals surface area contributed by atoms with Crippen LogP contribution in [0.15, 0.2) is 78.9 Å². The van der Waals surface area contributed by atoms with E-state index in [0.717, 1.165) is 53.2 Å². The number of hydrogen-bond donors (Lipinski definition) is 0. The second kappa shape index (κ2) is 11.0. The highest BCUT2D eigenvalue weighted by molar-refractivity contribution is 6.00. The summed E-state index contributed by atoms with van der Waals surface area (Å²) in [4.78, 5) is 18.2. The lowest BCUT2D eigenvalue weighted by Gasteiger charge is -2.36. The van der Waals surface area contributed by atoms with Crippen molar-refractivity contribution >= 4 is 22.5 Å². The van der Waals surface area contributed by atoms with Gasteiger partial charge in [0.25, 0.3) is 5.91 Å². The van der Waals surface area contributed by atoms with E-state index in [1.54, 1.807) is 7.11 Å². The van der Waals surface area contributed by atoms with Crippen LogP contribution in [0.3, 0.4) is 0 Å². The fourth-order valence-corrected chi connectivity index (χ4v) is 4.98. The Morgan fingerprint density at radius 2 is 1.59 bits per heavy atom. The van der Waals surface area contributed by atoms with Crippen molar-refractivity contribution in [3.63, 3.8) is 0 Å². The molecule has 3 aromatic carbocycles. The minimum Gasteiger partial charge on any atom is -0.495 e. The lowest BCUT2D eigenvalue weighted by Crippen LogP contribution is -2.49. The predicted octanol–water partition coefficient (Wildman–Crippen LogP) is 5.84. The summed E-state index contributed by atoms with van der Waals surface area (Å²) < 4.78 is 13.9. The van der Waals surface area contributed by atoms with Gasteiger partial charge >= 0.3 is 0 Å². The third-order valence-corrected chi connectivity index (χ3v) is 7.20. The third-order valence-electron chi connectivity index (χ3n) is 7.20. The molecule has 1 aromatic heterocycles. The molecular weight excluding hydrogens is 462 g/mol. The Morgan fingerprint density at radius 3 is 2.32 bits per heavy atom. The number of methoxy groups -OCH3 is 1. The van der Waals surface area contributed by atoms with Crippen molar-refractivity contribution in [2.24, 2.45) is 0 Å². The molecule has 1 atom stereocenters. The molecule has 1 amide bonds. The van der Waals surface area contributed by atoms with Gasteiger partial charge in [0, 0.05) is 38.1 Å². The molecule has 37 heavy (non-hydrogen) atoms. The van der Waals surface area contributed by atoms with Gasteiger partial charge in [0.1, 0.15) is 17.2 Å². The molecule has 5 rings (SSSR count). The van der Waals surface area contributed by atoms with Crippen LogP contribution in [0.1, 0.15) is 36.3 Å². The first-order chi connectivity index (χ1) is 18.1. The molecule has 1 saturated heterocycles. The van der Waals surface area contributed by atoms with Crippen LogP contribution in [-0.2, 0) is 6.54 Å². The van der Waals surface area contributed by atoms with Gasteiger partial charge in [0.15, 0.2) is 0 Å². The average Bonchev–Trinajstić information content (AvgIpc) is 3.32. The van der Waals surface area contributed by atoms with E-state index in [-0.39, 0.29) is 12.0 Å². The minimum atomic E-state index is 0.0568. The minimum absolute atomic E-state index is 0.0568. The van der Waals surface area contributed by atoms with Gasteiger partial charge in [-0.3, -0.25) is 4.79 Å². The fraction of sp³-hybridized carbons (Fsp3) is 0.323. The summed E-state index contributed by atoms with van der Waals surface area (Å²) in [7, 11) is 1.70. The molecule has 0 spiro atoms. The number of rotatable bonds is 8. The predicted molar refractivity (Wildman–Crippen MR) is 149 cm³/mol. The van der Waals surface area contributed by atoms with Crippen LogP contribution >= 0.6 is 0 Å². The zero-order chi connectivity index (χ0) is 25.8. The van der Waals surface area contributed by atoms with Gasteiger partial charge < -0.3 is 23.8 Å². The van der Waals surface area contributed by atoms with Gasteiger partial charge in [0.2, 0.25) is 0 Å². The van der Waals surface area contributed by atoms with Crippen molar-refractivity contribution in [3.05, 3.63) is 90.1 Å². The molecule has 0 unspecified atom stereocenters. The number of aromatic nitrogens is 1. The number of piperazine rings is 1. The Balaban J connectivity index is 1.45. The largest absolute Gasteiger partial charge is 0.495 e. The average molecular weight is 498 g/mol. The Labute approximate surface area is 219 Å². The molecule has 0 aliphatic carbocycles. The molecule has 6 nitrogen and oxygen atoms in total. The maximum absolute atomic E-state index is 14.0. The molecule has 0 saturated carbocycles. The molecule has 6 heteroatoms. The van der Waals surface area contributed by atoms with Crippen molar-refractivity contribution in [2.45, 2.75) is 32.9 Å². The summed E-state index contributed by atoms with van der Waals surface area (Å²) in [6, 6.07) is 26.5. The number of carbonyl (C=O) groups is 1. The standard InChI is InChI=1S/C31H35N3O3/c1-4-23(2)37-29-16-10-14-26-25(29)21-28(34(26)22-24-11-6-5-7-12-24)31(35)33-19-17-32(18-20-33)27-13-8-9-15-30(27)36-3/h5-16,21,23H,4,17-20,22H2,1-3H3/t23-/m1/s1. The van der Waals surface area contributed by atoms with Crippen molar-refractivity contribution in [2.75, 3.05) is 38.2 Å². The molecule has 0 radical (unpaired) electrons. The summed E-state index contributed by atoms with van der Waals surface area (Å²) in [5, 5.41) is 0.981. The van der Waals surface area contributed by atoms with Crippen molar-refractivity contribution in [1.29, 1.82) is 0 Å². The summed E-state index contributed by atoms with van der Waals surface area (Å²) in [5.74, 6) is 1.74. The number of amides is 1. The second-order valence-corrected chi connectivity index (χ2v) is 9.58. The van der Waals surface area contributed by atoms with Crippen LogP contribution in [-0.4, -0.2) is 54.8 Å². The lowest BCUT2D eigenvalue weighted by atomic mass is 10.2. The zero-order valence-electron chi connectivity index (χ0n) is 21.9. The third kappa shape index (κ3) is 5.15. The van der Waals surface area contributed by atoms with Crippen LogP contribution in [0, 0.1) is 0 Å². The Bertz CT molecular complexity index is 1360. The molecular formula is C31H35N3O3.